The zero-order valence-electron chi connectivity index (χ0n) is 14.3. The van der Waals surface area contributed by atoms with Crippen LogP contribution in [0.15, 0.2) is 54.7 Å². The zero-order valence-corrected chi connectivity index (χ0v) is 15.1. The van der Waals surface area contributed by atoms with Gasteiger partial charge >= 0.3 is 0 Å². The van der Waals surface area contributed by atoms with Crippen molar-refractivity contribution in [1.29, 1.82) is 0 Å². The highest BCUT2D eigenvalue weighted by Gasteiger charge is 2.19. The molecule has 26 heavy (non-hydrogen) atoms. The molecule has 0 unspecified atom stereocenters. The van der Waals surface area contributed by atoms with E-state index in [1.807, 2.05) is 55.5 Å². The number of rotatable bonds is 4. The average molecular weight is 364 g/mol. The van der Waals surface area contributed by atoms with Gasteiger partial charge < -0.3 is 10.1 Å². The SMILES string of the molecule is COc1cn(-c2ccccc2)nc1C(=O)Nc1ccc2nc(C)sc2c1. The Hall–Kier alpha value is -3.19. The molecule has 0 aliphatic heterocycles. The molecule has 4 rings (SSSR count). The lowest BCUT2D eigenvalue weighted by atomic mass is 10.3. The summed E-state index contributed by atoms with van der Waals surface area (Å²) in [6.07, 6.45) is 1.69. The summed E-state index contributed by atoms with van der Waals surface area (Å²) in [6, 6.07) is 15.2. The van der Waals surface area contributed by atoms with Crippen molar-refractivity contribution in [1.82, 2.24) is 14.8 Å². The van der Waals surface area contributed by atoms with Crippen LogP contribution in [-0.2, 0) is 0 Å². The van der Waals surface area contributed by atoms with Crippen molar-refractivity contribution < 1.29 is 9.53 Å². The van der Waals surface area contributed by atoms with Crippen molar-refractivity contribution in [3.8, 4) is 11.4 Å². The fourth-order valence-electron chi connectivity index (χ4n) is 2.69. The molecule has 0 aliphatic carbocycles. The number of methoxy groups -OCH3 is 1. The second-order valence-corrected chi connectivity index (χ2v) is 6.93. The Morgan fingerprint density at radius 2 is 2.00 bits per heavy atom. The number of fused-ring (bicyclic) bond motifs is 1. The summed E-state index contributed by atoms with van der Waals surface area (Å²) < 4.78 is 7.99. The van der Waals surface area contributed by atoms with Gasteiger partial charge in [0.15, 0.2) is 11.4 Å². The predicted octanol–water partition coefficient (Wildman–Crippen LogP) is 4.05. The van der Waals surface area contributed by atoms with Crippen molar-refractivity contribution in [3.63, 3.8) is 0 Å². The molecule has 0 spiro atoms. The van der Waals surface area contributed by atoms with Gasteiger partial charge in [0.1, 0.15) is 0 Å². The number of nitrogens with one attached hydrogen (secondary N) is 1. The number of amides is 1. The number of benzene rings is 2. The number of hydrogen-bond donors (Lipinski definition) is 1. The van der Waals surface area contributed by atoms with Crippen LogP contribution in [0.4, 0.5) is 5.69 Å². The number of carbonyl (C=O) groups excluding carboxylic acids is 1. The van der Waals surface area contributed by atoms with Gasteiger partial charge in [0.05, 0.1) is 34.2 Å². The van der Waals surface area contributed by atoms with Crippen LogP contribution < -0.4 is 10.1 Å². The van der Waals surface area contributed by atoms with E-state index in [9.17, 15) is 4.79 Å². The maximum absolute atomic E-state index is 12.7. The van der Waals surface area contributed by atoms with E-state index in [0.29, 0.717) is 11.4 Å². The van der Waals surface area contributed by atoms with E-state index in [1.165, 1.54) is 7.11 Å². The first-order valence-corrected chi connectivity index (χ1v) is 8.83. The maximum Gasteiger partial charge on any atom is 0.280 e. The number of ether oxygens (including phenoxy) is 1. The zero-order chi connectivity index (χ0) is 18.1. The Labute approximate surface area is 154 Å². The normalized spacial score (nSPS) is 10.8. The lowest BCUT2D eigenvalue weighted by molar-refractivity contribution is 0.101. The molecular weight excluding hydrogens is 348 g/mol. The maximum atomic E-state index is 12.7. The third kappa shape index (κ3) is 3.04. The first-order valence-electron chi connectivity index (χ1n) is 8.01. The molecule has 2 aromatic heterocycles. The minimum absolute atomic E-state index is 0.233. The van der Waals surface area contributed by atoms with Crippen LogP contribution in [0.5, 0.6) is 5.75 Å². The Balaban J connectivity index is 1.63. The molecule has 130 valence electrons. The van der Waals surface area contributed by atoms with Crippen LogP contribution in [0.1, 0.15) is 15.5 Å². The number of para-hydroxylation sites is 1. The van der Waals surface area contributed by atoms with E-state index in [-0.39, 0.29) is 11.6 Å². The summed E-state index contributed by atoms with van der Waals surface area (Å²) in [5.41, 5.74) is 2.71. The van der Waals surface area contributed by atoms with E-state index in [0.717, 1.165) is 20.9 Å². The number of nitrogens with zero attached hydrogens (tertiary/aromatic N) is 3. The smallest absolute Gasteiger partial charge is 0.280 e. The van der Waals surface area contributed by atoms with Crippen LogP contribution >= 0.6 is 11.3 Å². The summed E-state index contributed by atoms with van der Waals surface area (Å²) in [5, 5.41) is 8.26. The standard InChI is InChI=1S/C19H16N4O2S/c1-12-20-15-9-8-13(10-17(15)26-12)21-19(24)18-16(25-2)11-23(22-18)14-6-4-3-5-7-14/h3-11H,1-2H3,(H,21,24). The van der Waals surface area contributed by atoms with Gasteiger partial charge in [-0.05, 0) is 37.3 Å². The summed E-state index contributed by atoms with van der Waals surface area (Å²) >= 11 is 1.59. The van der Waals surface area contributed by atoms with Crippen molar-refractivity contribution in [2.75, 3.05) is 12.4 Å². The van der Waals surface area contributed by atoms with Crippen molar-refractivity contribution in [2.45, 2.75) is 6.92 Å². The molecule has 0 radical (unpaired) electrons. The quantitative estimate of drug-likeness (QED) is 0.593. The Bertz CT molecular complexity index is 1090. The Morgan fingerprint density at radius 1 is 1.19 bits per heavy atom. The third-order valence-electron chi connectivity index (χ3n) is 3.89. The molecule has 1 N–H and O–H groups in total. The summed E-state index contributed by atoms with van der Waals surface area (Å²) in [7, 11) is 1.52. The van der Waals surface area contributed by atoms with Crippen molar-refractivity contribution in [2.24, 2.45) is 0 Å². The van der Waals surface area contributed by atoms with Gasteiger partial charge in [0.2, 0.25) is 0 Å². The molecular formula is C19H16N4O2S. The largest absolute Gasteiger partial charge is 0.493 e. The van der Waals surface area contributed by atoms with E-state index in [2.05, 4.69) is 15.4 Å². The molecule has 2 aromatic carbocycles. The molecule has 0 aliphatic rings. The van der Waals surface area contributed by atoms with Gasteiger partial charge in [-0.25, -0.2) is 9.67 Å². The minimum atomic E-state index is -0.322. The second-order valence-electron chi connectivity index (χ2n) is 5.70. The molecule has 2 heterocycles. The van der Waals surface area contributed by atoms with Gasteiger partial charge in [0, 0.05) is 5.69 Å². The van der Waals surface area contributed by atoms with Crippen molar-refractivity contribution in [3.05, 3.63) is 65.4 Å². The second kappa shape index (κ2) is 6.61. The molecule has 0 saturated carbocycles. The van der Waals surface area contributed by atoms with Gasteiger partial charge in [-0.15, -0.1) is 11.3 Å². The molecule has 4 aromatic rings. The number of carbonyl (C=O) groups is 1. The predicted molar refractivity (Wildman–Crippen MR) is 102 cm³/mol. The van der Waals surface area contributed by atoms with Gasteiger partial charge in [-0.3, -0.25) is 4.79 Å². The van der Waals surface area contributed by atoms with Crippen LogP contribution in [0.3, 0.4) is 0 Å². The highest BCUT2D eigenvalue weighted by atomic mass is 32.1. The molecule has 0 bridgehead atoms. The highest BCUT2D eigenvalue weighted by Crippen LogP contribution is 2.26. The fraction of sp³-hybridized carbons (Fsp3) is 0.105. The van der Waals surface area contributed by atoms with E-state index >= 15 is 0 Å². The third-order valence-corrected chi connectivity index (χ3v) is 4.82. The molecule has 0 atom stereocenters. The van der Waals surface area contributed by atoms with Gasteiger partial charge in [-0.1, -0.05) is 18.2 Å². The molecule has 7 heteroatoms. The molecule has 1 amide bonds. The summed E-state index contributed by atoms with van der Waals surface area (Å²) in [4.78, 5) is 17.1. The lowest BCUT2D eigenvalue weighted by Crippen LogP contribution is -2.14. The monoisotopic (exact) mass is 364 g/mol. The molecule has 0 fully saturated rings. The average Bonchev–Trinajstić information content (AvgIpc) is 3.24. The Kier molecular flexibility index (Phi) is 4.14. The lowest BCUT2D eigenvalue weighted by Gasteiger charge is -2.04. The van der Waals surface area contributed by atoms with Crippen LogP contribution in [0, 0.1) is 6.92 Å². The van der Waals surface area contributed by atoms with Crippen LogP contribution in [-0.4, -0.2) is 27.8 Å². The highest BCUT2D eigenvalue weighted by molar-refractivity contribution is 7.18. The summed E-state index contributed by atoms with van der Waals surface area (Å²) in [6.45, 7) is 1.96. The van der Waals surface area contributed by atoms with Gasteiger partial charge in [0.25, 0.3) is 5.91 Å². The molecule has 6 nitrogen and oxygen atoms in total. The number of hydrogen-bond acceptors (Lipinski definition) is 5. The van der Waals surface area contributed by atoms with Gasteiger partial charge in [-0.2, -0.15) is 5.10 Å². The first kappa shape index (κ1) is 16.3. The number of thiazole rings is 1. The topological polar surface area (TPSA) is 69.0 Å². The minimum Gasteiger partial charge on any atom is -0.493 e. The van der Waals surface area contributed by atoms with E-state index in [4.69, 9.17) is 4.74 Å². The first-order chi connectivity index (χ1) is 12.6. The fourth-order valence-corrected chi connectivity index (χ4v) is 3.55. The van der Waals surface area contributed by atoms with E-state index < -0.39 is 0 Å². The number of anilines is 1. The van der Waals surface area contributed by atoms with Crippen LogP contribution in [0.25, 0.3) is 15.9 Å². The van der Waals surface area contributed by atoms with E-state index in [1.54, 1.807) is 22.2 Å². The molecule has 0 saturated heterocycles. The number of aryl methyl sites for hydroxylation is 1. The summed E-state index contributed by atoms with van der Waals surface area (Å²) in [5.74, 6) is 0.0955. The Morgan fingerprint density at radius 3 is 2.77 bits per heavy atom. The number of aromatic nitrogens is 3. The van der Waals surface area contributed by atoms with Crippen LogP contribution in [0.2, 0.25) is 0 Å². The van der Waals surface area contributed by atoms with Crippen molar-refractivity contribution >= 4 is 33.1 Å².